The molecule has 1 aliphatic heterocycles. The van der Waals surface area contributed by atoms with Crippen LogP contribution in [0.1, 0.15) is 37.8 Å². The van der Waals surface area contributed by atoms with E-state index >= 15 is 0 Å². The minimum absolute atomic E-state index is 0.427. The highest BCUT2D eigenvalue weighted by atomic mass is 15.1. The molecule has 1 aromatic rings. The zero-order valence-electron chi connectivity index (χ0n) is 12.0. The lowest BCUT2D eigenvalue weighted by atomic mass is 9.81. The summed E-state index contributed by atoms with van der Waals surface area (Å²) >= 11 is 0. The van der Waals surface area contributed by atoms with Crippen LogP contribution in [-0.4, -0.2) is 25.0 Å². The molecular weight excluding hydrogens is 220 g/mol. The third-order valence-electron chi connectivity index (χ3n) is 4.52. The Morgan fingerprint density at radius 1 is 1.11 bits per heavy atom. The topological polar surface area (TPSA) is 15.3 Å². The quantitative estimate of drug-likeness (QED) is 0.830. The van der Waals surface area contributed by atoms with Crippen molar-refractivity contribution in [3.63, 3.8) is 0 Å². The average molecular weight is 246 g/mol. The molecule has 1 aromatic carbocycles. The fraction of sp³-hybridized carbons (Fsp3) is 0.625. The highest BCUT2D eigenvalue weighted by Crippen LogP contribution is 2.31. The normalized spacial score (nSPS) is 15.9. The van der Waals surface area contributed by atoms with Crippen LogP contribution >= 0.6 is 0 Å². The molecular formula is C16H26N2. The van der Waals surface area contributed by atoms with Gasteiger partial charge in [-0.15, -0.1) is 0 Å². The maximum absolute atomic E-state index is 3.38. The third-order valence-corrected chi connectivity index (χ3v) is 4.52. The Hall–Kier alpha value is -0.860. The molecule has 0 aromatic heterocycles. The first-order chi connectivity index (χ1) is 8.73. The van der Waals surface area contributed by atoms with Crippen LogP contribution < -0.4 is 5.32 Å². The van der Waals surface area contributed by atoms with E-state index in [0.717, 1.165) is 19.6 Å². The van der Waals surface area contributed by atoms with Crippen molar-refractivity contribution in [2.45, 2.75) is 39.8 Å². The number of hydrogen-bond acceptors (Lipinski definition) is 2. The molecule has 2 nitrogen and oxygen atoms in total. The first kappa shape index (κ1) is 13.6. The number of nitrogens with zero attached hydrogens (tertiary/aromatic N) is 1. The monoisotopic (exact) mass is 246 g/mol. The van der Waals surface area contributed by atoms with Gasteiger partial charge < -0.3 is 5.32 Å². The molecule has 0 unspecified atom stereocenters. The van der Waals surface area contributed by atoms with Crippen LogP contribution in [0.2, 0.25) is 0 Å². The van der Waals surface area contributed by atoms with E-state index in [1.807, 2.05) is 0 Å². The van der Waals surface area contributed by atoms with Crippen molar-refractivity contribution in [1.82, 2.24) is 10.2 Å². The summed E-state index contributed by atoms with van der Waals surface area (Å²) in [4.78, 5) is 2.61. The van der Waals surface area contributed by atoms with Gasteiger partial charge in [-0.3, -0.25) is 4.90 Å². The first-order valence-corrected chi connectivity index (χ1v) is 7.17. The minimum Gasteiger partial charge on any atom is -0.319 e. The van der Waals surface area contributed by atoms with E-state index in [9.17, 15) is 0 Å². The van der Waals surface area contributed by atoms with Gasteiger partial charge in [-0.05, 0) is 36.4 Å². The van der Waals surface area contributed by atoms with Crippen LogP contribution in [0.3, 0.4) is 0 Å². The van der Waals surface area contributed by atoms with E-state index < -0.39 is 0 Å². The van der Waals surface area contributed by atoms with Gasteiger partial charge in [-0.2, -0.15) is 0 Å². The predicted molar refractivity (Wildman–Crippen MR) is 77.5 cm³/mol. The first-order valence-electron chi connectivity index (χ1n) is 7.17. The fourth-order valence-electron chi connectivity index (χ4n) is 3.14. The molecule has 1 N–H and O–H groups in total. The summed E-state index contributed by atoms with van der Waals surface area (Å²) in [5, 5.41) is 3.38. The van der Waals surface area contributed by atoms with Crippen molar-refractivity contribution in [2.75, 3.05) is 20.1 Å². The van der Waals surface area contributed by atoms with Gasteiger partial charge in [0.05, 0.1) is 0 Å². The lowest BCUT2D eigenvalue weighted by molar-refractivity contribution is 0.136. The maximum Gasteiger partial charge on any atom is 0.0240 e. The second-order valence-corrected chi connectivity index (χ2v) is 5.65. The maximum atomic E-state index is 3.38. The summed E-state index contributed by atoms with van der Waals surface area (Å²) in [7, 11) is 2.07. The Morgan fingerprint density at radius 3 is 2.11 bits per heavy atom. The molecule has 0 saturated heterocycles. The van der Waals surface area contributed by atoms with E-state index in [1.165, 1.54) is 30.5 Å². The molecule has 1 aliphatic rings. The summed E-state index contributed by atoms with van der Waals surface area (Å²) in [6.45, 7) is 9.22. The van der Waals surface area contributed by atoms with E-state index in [-0.39, 0.29) is 0 Å². The summed E-state index contributed by atoms with van der Waals surface area (Å²) in [5.41, 5.74) is 3.46. The molecule has 0 aliphatic carbocycles. The Labute approximate surface area is 111 Å². The lowest BCUT2D eigenvalue weighted by Gasteiger charge is -2.35. The highest BCUT2D eigenvalue weighted by molar-refractivity contribution is 5.30. The predicted octanol–water partition coefficient (Wildman–Crippen LogP) is 3.03. The van der Waals surface area contributed by atoms with E-state index in [1.54, 1.807) is 0 Å². The van der Waals surface area contributed by atoms with Crippen LogP contribution in [0.5, 0.6) is 0 Å². The van der Waals surface area contributed by atoms with Gasteiger partial charge in [0.25, 0.3) is 0 Å². The van der Waals surface area contributed by atoms with Crippen LogP contribution in [0.25, 0.3) is 0 Å². The standard InChI is InChI=1S/C16H26N2/c1-4-16(5-2,12-17-3)13-18-10-14-8-6-7-9-15(14)11-18/h6-9,17H,4-5,10-13H2,1-3H3. The van der Waals surface area contributed by atoms with Crippen molar-refractivity contribution in [3.05, 3.63) is 35.4 Å². The molecule has 0 radical (unpaired) electrons. The average Bonchev–Trinajstić information content (AvgIpc) is 2.80. The Balaban J connectivity index is 2.03. The highest BCUT2D eigenvalue weighted by Gasteiger charge is 2.30. The van der Waals surface area contributed by atoms with Crippen molar-refractivity contribution in [1.29, 1.82) is 0 Å². The number of nitrogens with one attached hydrogen (secondary N) is 1. The van der Waals surface area contributed by atoms with Crippen molar-refractivity contribution >= 4 is 0 Å². The molecule has 0 fully saturated rings. The molecule has 0 spiro atoms. The smallest absolute Gasteiger partial charge is 0.0240 e. The number of hydrogen-bond donors (Lipinski definition) is 1. The Kier molecular flexibility index (Phi) is 4.41. The van der Waals surface area contributed by atoms with Crippen molar-refractivity contribution in [2.24, 2.45) is 5.41 Å². The zero-order valence-corrected chi connectivity index (χ0v) is 12.0. The van der Waals surface area contributed by atoms with Gasteiger partial charge in [0, 0.05) is 26.2 Å². The van der Waals surface area contributed by atoms with Crippen molar-refractivity contribution in [3.8, 4) is 0 Å². The van der Waals surface area contributed by atoms with Gasteiger partial charge >= 0.3 is 0 Å². The zero-order chi connectivity index (χ0) is 13.0. The van der Waals surface area contributed by atoms with Gasteiger partial charge in [-0.1, -0.05) is 38.1 Å². The van der Waals surface area contributed by atoms with E-state index in [0.29, 0.717) is 5.41 Å². The molecule has 2 heteroatoms. The number of benzene rings is 1. The summed E-state index contributed by atoms with van der Waals surface area (Å²) in [6.07, 6.45) is 2.49. The second-order valence-electron chi connectivity index (χ2n) is 5.65. The Morgan fingerprint density at radius 2 is 1.67 bits per heavy atom. The van der Waals surface area contributed by atoms with E-state index in [4.69, 9.17) is 0 Å². The van der Waals surface area contributed by atoms with Gasteiger partial charge in [0.15, 0.2) is 0 Å². The van der Waals surface area contributed by atoms with Gasteiger partial charge in [0.2, 0.25) is 0 Å². The molecule has 1 heterocycles. The summed E-state index contributed by atoms with van der Waals surface area (Å²) < 4.78 is 0. The summed E-state index contributed by atoms with van der Waals surface area (Å²) in [5.74, 6) is 0. The number of fused-ring (bicyclic) bond motifs is 1. The molecule has 0 saturated carbocycles. The third kappa shape index (κ3) is 2.76. The molecule has 2 rings (SSSR count). The van der Waals surface area contributed by atoms with Crippen LogP contribution in [0.4, 0.5) is 0 Å². The molecule has 0 bridgehead atoms. The molecule has 0 atom stereocenters. The lowest BCUT2D eigenvalue weighted by Crippen LogP contribution is -2.41. The largest absolute Gasteiger partial charge is 0.319 e. The SMILES string of the molecule is CCC(CC)(CNC)CN1Cc2ccccc2C1. The van der Waals surface area contributed by atoms with Crippen molar-refractivity contribution < 1.29 is 0 Å². The molecule has 100 valence electrons. The summed E-state index contributed by atoms with van der Waals surface area (Å²) in [6, 6.07) is 8.85. The fourth-order valence-corrected chi connectivity index (χ4v) is 3.14. The van der Waals surface area contributed by atoms with Crippen LogP contribution in [0, 0.1) is 5.41 Å². The minimum atomic E-state index is 0.427. The molecule has 18 heavy (non-hydrogen) atoms. The van der Waals surface area contributed by atoms with Crippen LogP contribution in [-0.2, 0) is 13.1 Å². The Bertz CT molecular complexity index is 357. The van der Waals surface area contributed by atoms with E-state index in [2.05, 4.69) is 55.4 Å². The van der Waals surface area contributed by atoms with Gasteiger partial charge in [0.1, 0.15) is 0 Å². The van der Waals surface area contributed by atoms with Gasteiger partial charge in [-0.25, -0.2) is 0 Å². The molecule has 0 amide bonds. The van der Waals surface area contributed by atoms with Crippen LogP contribution in [0.15, 0.2) is 24.3 Å². The second kappa shape index (κ2) is 5.85. The number of rotatable bonds is 6.